The number of ether oxygens (including phenoxy) is 1. The Kier molecular flexibility index (Phi) is 6.57. The molecule has 2 N–H and O–H groups in total. The second kappa shape index (κ2) is 9.69. The van der Waals surface area contributed by atoms with Crippen LogP contribution in [0.1, 0.15) is 24.0 Å². The van der Waals surface area contributed by atoms with Gasteiger partial charge < -0.3 is 15.4 Å². The van der Waals surface area contributed by atoms with Gasteiger partial charge in [-0.05, 0) is 58.4 Å². The molecule has 3 aliphatic rings. The van der Waals surface area contributed by atoms with Crippen LogP contribution in [0.2, 0.25) is 0 Å². The Hall–Kier alpha value is -1.59. The summed E-state index contributed by atoms with van der Waals surface area (Å²) in [6.07, 6.45) is 5.64. The molecule has 6 rings (SSSR count). The van der Waals surface area contributed by atoms with Crippen molar-refractivity contribution in [1.29, 1.82) is 0 Å². The van der Waals surface area contributed by atoms with E-state index in [4.69, 9.17) is 4.74 Å². The molecule has 2 heterocycles. The van der Waals surface area contributed by atoms with Crippen molar-refractivity contribution in [3.63, 3.8) is 0 Å². The molecular weight excluding hydrogens is 388 g/mol. The average molecular weight is 421 g/mol. The van der Waals surface area contributed by atoms with Gasteiger partial charge in [-0.15, -0.1) is 0 Å². The van der Waals surface area contributed by atoms with E-state index in [-0.39, 0.29) is 0 Å². The van der Waals surface area contributed by atoms with Crippen LogP contribution in [-0.2, 0) is 17.6 Å². The largest absolute Gasteiger partial charge is 0.374 e. The van der Waals surface area contributed by atoms with Gasteiger partial charge in [0, 0.05) is 37.2 Å². The van der Waals surface area contributed by atoms with Gasteiger partial charge in [-0.25, -0.2) is 0 Å². The number of hydrogen-bond acceptors (Lipinski definition) is 4. The minimum atomic E-state index is 0.427. The van der Waals surface area contributed by atoms with Gasteiger partial charge in [-0.2, -0.15) is 11.8 Å². The normalized spacial score (nSPS) is 24.1. The molecule has 0 bridgehead atoms. The summed E-state index contributed by atoms with van der Waals surface area (Å²) < 4.78 is 5.69. The van der Waals surface area contributed by atoms with Crippen molar-refractivity contribution in [3.8, 4) is 0 Å². The van der Waals surface area contributed by atoms with Gasteiger partial charge in [0.15, 0.2) is 0 Å². The molecule has 158 valence electrons. The van der Waals surface area contributed by atoms with Crippen LogP contribution in [0.5, 0.6) is 0 Å². The molecule has 2 unspecified atom stereocenters. The fraction of sp³-hybridized carbons (Fsp3) is 0.462. The highest BCUT2D eigenvalue weighted by Gasteiger charge is 2.26. The fourth-order valence-corrected chi connectivity index (χ4v) is 6.18. The van der Waals surface area contributed by atoms with E-state index in [2.05, 4.69) is 59.2 Å². The minimum Gasteiger partial charge on any atom is -0.374 e. The zero-order chi connectivity index (χ0) is 20.2. The van der Waals surface area contributed by atoms with Crippen LogP contribution in [0, 0.1) is 0 Å². The van der Waals surface area contributed by atoms with Crippen LogP contribution in [0.25, 0.3) is 21.5 Å². The summed E-state index contributed by atoms with van der Waals surface area (Å²) in [6, 6.07) is 18.0. The van der Waals surface area contributed by atoms with E-state index in [9.17, 15) is 0 Å². The predicted molar refractivity (Wildman–Crippen MR) is 130 cm³/mol. The number of hydrogen-bond donors (Lipinski definition) is 2. The monoisotopic (exact) mass is 420 g/mol. The van der Waals surface area contributed by atoms with Crippen LogP contribution in [0.15, 0.2) is 48.5 Å². The van der Waals surface area contributed by atoms with E-state index >= 15 is 0 Å². The Morgan fingerprint density at radius 1 is 0.800 bits per heavy atom. The van der Waals surface area contributed by atoms with Crippen LogP contribution in [0.3, 0.4) is 0 Å². The molecule has 3 nitrogen and oxygen atoms in total. The van der Waals surface area contributed by atoms with Crippen molar-refractivity contribution < 1.29 is 4.74 Å². The first-order valence-corrected chi connectivity index (χ1v) is 12.5. The number of nitrogens with one attached hydrogen (secondary N) is 2. The van der Waals surface area contributed by atoms with E-state index in [0.29, 0.717) is 11.4 Å². The highest BCUT2D eigenvalue weighted by molar-refractivity contribution is 8.00. The molecule has 1 aliphatic carbocycles. The second-order valence-corrected chi connectivity index (χ2v) is 9.87. The zero-order valence-electron chi connectivity index (χ0n) is 17.7. The highest BCUT2D eigenvalue weighted by atomic mass is 32.2. The molecule has 0 aromatic heterocycles. The third-order valence-electron chi connectivity index (χ3n) is 6.58. The lowest BCUT2D eigenvalue weighted by Crippen LogP contribution is -2.49. The van der Waals surface area contributed by atoms with E-state index in [1.807, 2.05) is 11.8 Å². The first-order valence-electron chi connectivity index (χ1n) is 11.5. The minimum absolute atomic E-state index is 0.427. The number of benzene rings is 3. The molecule has 3 aromatic rings. The Balaban J connectivity index is 0.000000140. The quantitative estimate of drug-likeness (QED) is 0.566. The van der Waals surface area contributed by atoms with Gasteiger partial charge in [0.05, 0.1) is 12.7 Å². The summed E-state index contributed by atoms with van der Waals surface area (Å²) in [5.41, 5.74) is 3.17. The van der Waals surface area contributed by atoms with E-state index in [0.717, 1.165) is 32.8 Å². The Bertz CT molecular complexity index is 977. The van der Waals surface area contributed by atoms with Gasteiger partial charge in [0.1, 0.15) is 0 Å². The molecule has 2 fully saturated rings. The standard InChI is InChI=1S/C18H16.C8H16N2OS/c1-3-7-15-13(5-1)9-11-18-16-8-4-2-6-14(16)10-12-17(15)18;1-3-11-7(5-9-1)8-6-10-2-4-12-8/h1,3,5,7,9-12H,2,4,6,8H2;7-10H,1-6H2. The lowest BCUT2D eigenvalue weighted by atomic mass is 9.86. The second-order valence-electron chi connectivity index (χ2n) is 8.52. The smallest absolute Gasteiger partial charge is 0.0830 e. The first kappa shape index (κ1) is 20.3. The molecule has 30 heavy (non-hydrogen) atoms. The number of aryl methyl sites for hydroxylation is 2. The molecule has 2 saturated heterocycles. The molecule has 0 amide bonds. The maximum absolute atomic E-state index is 5.69. The van der Waals surface area contributed by atoms with E-state index in [1.54, 1.807) is 11.1 Å². The fourth-order valence-electron chi connectivity index (χ4n) is 4.99. The number of morpholine rings is 1. The van der Waals surface area contributed by atoms with Crippen LogP contribution in [0.4, 0.5) is 0 Å². The molecule has 0 radical (unpaired) electrons. The summed E-state index contributed by atoms with van der Waals surface area (Å²) in [5.74, 6) is 1.23. The molecule has 2 atom stereocenters. The molecule has 0 saturated carbocycles. The van der Waals surface area contributed by atoms with Crippen LogP contribution >= 0.6 is 11.8 Å². The van der Waals surface area contributed by atoms with Crippen molar-refractivity contribution in [2.75, 3.05) is 38.5 Å². The van der Waals surface area contributed by atoms with Gasteiger partial charge in [0.25, 0.3) is 0 Å². The van der Waals surface area contributed by atoms with Gasteiger partial charge in [-0.1, -0.05) is 48.5 Å². The maximum Gasteiger partial charge on any atom is 0.0830 e. The number of thioether (sulfide) groups is 1. The average Bonchev–Trinajstić information content (AvgIpc) is 2.85. The molecule has 4 heteroatoms. The molecule has 3 aromatic carbocycles. The predicted octanol–water partition coefficient (Wildman–Crippen LogP) is 4.55. The van der Waals surface area contributed by atoms with Gasteiger partial charge in [0.2, 0.25) is 0 Å². The first-order chi connectivity index (χ1) is 14.9. The number of rotatable bonds is 1. The third-order valence-corrected chi connectivity index (χ3v) is 7.92. The zero-order valence-corrected chi connectivity index (χ0v) is 18.5. The third kappa shape index (κ3) is 4.38. The van der Waals surface area contributed by atoms with Crippen LogP contribution in [-0.4, -0.2) is 49.9 Å². The molecular formula is C26H32N2OS. The highest BCUT2D eigenvalue weighted by Crippen LogP contribution is 2.33. The topological polar surface area (TPSA) is 33.3 Å². The number of fused-ring (bicyclic) bond motifs is 5. The summed E-state index contributed by atoms with van der Waals surface area (Å²) in [6.45, 7) is 5.18. The molecule has 0 spiro atoms. The maximum atomic E-state index is 5.69. The van der Waals surface area contributed by atoms with Gasteiger partial charge >= 0.3 is 0 Å². The van der Waals surface area contributed by atoms with Crippen molar-refractivity contribution in [3.05, 3.63) is 59.7 Å². The Morgan fingerprint density at radius 3 is 2.53 bits per heavy atom. The summed E-state index contributed by atoms with van der Waals surface area (Å²) in [5, 5.41) is 13.1. The van der Waals surface area contributed by atoms with E-state index < -0.39 is 0 Å². The van der Waals surface area contributed by atoms with Gasteiger partial charge in [-0.3, -0.25) is 0 Å². The SMILES string of the molecule is C1COC(C2CNCCS2)CN1.c1ccc2c(c1)ccc1c3c(ccc12)CCCC3. The van der Waals surface area contributed by atoms with Crippen molar-refractivity contribution >= 4 is 33.3 Å². The summed E-state index contributed by atoms with van der Waals surface area (Å²) in [4.78, 5) is 0. The van der Waals surface area contributed by atoms with Crippen LogP contribution < -0.4 is 10.6 Å². The lowest BCUT2D eigenvalue weighted by molar-refractivity contribution is 0.0273. The summed E-state index contributed by atoms with van der Waals surface area (Å²) >= 11 is 2.04. The van der Waals surface area contributed by atoms with Crippen molar-refractivity contribution in [2.24, 2.45) is 0 Å². The Morgan fingerprint density at radius 2 is 1.67 bits per heavy atom. The lowest BCUT2D eigenvalue weighted by Gasteiger charge is -2.33. The van der Waals surface area contributed by atoms with Crippen molar-refractivity contribution in [2.45, 2.75) is 37.0 Å². The van der Waals surface area contributed by atoms with E-state index in [1.165, 1.54) is 53.0 Å². The Labute approximate surface area is 183 Å². The molecule has 2 aliphatic heterocycles. The van der Waals surface area contributed by atoms with Crippen molar-refractivity contribution in [1.82, 2.24) is 10.6 Å². The summed E-state index contributed by atoms with van der Waals surface area (Å²) in [7, 11) is 0.